The molecular weight excluding hydrogens is 181 g/mol. The maximum atomic E-state index is 13.3. The van der Waals surface area contributed by atoms with Crippen molar-refractivity contribution in [1.29, 1.82) is 0 Å². The van der Waals surface area contributed by atoms with Crippen LogP contribution in [0.5, 0.6) is 0 Å². The van der Waals surface area contributed by atoms with Crippen LogP contribution in [0.15, 0.2) is 18.2 Å². The summed E-state index contributed by atoms with van der Waals surface area (Å²) >= 11 is 0. The number of hydrogen-bond donors (Lipinski definition) is 0. The maximum Gasteiger partial charge on any atom is 0.128 e. The Kier molecular flexibility index (Phi) is 2.68. The van der Waals surface area contributed by atoms with Gasteiger partial charge in [-0.2, -0.15) is 0 Å². The van der Waals surface area contributed by atoms with Crippen LogP contribution >= 0.6 is 0 Å². The van der Waals surface area contributed by atoms with Crippen LogP contribution in [-0.4, -0.2) is 26.3 Å². The van der Waals surface area contributed by atoms with Gasteiger partial charge in [-0.25, -0.2) is 4.39 Å². The van der Waals surface area contributed by atoms with Gasteiger partial charge in [-0.3, -0.25) is 0 Å². The van der Waals surface area contributed by atoms with Crippen molar-refractivity contribution >= 4 is 5.69 Å². The molecule has 1 heterocycles. The molecule has 0 N–H and O–H groups in total. The topological polar surface area (TPSA) is 12.5 Å². The molecule has 2 nitrogen and oxygen atoms in total. The number of morpholine rings is 1. The van der Waals surface area contributed by atoms with Crippen molar-refractivity contribution in [3.05, 3.63) is 29.6 Å². The van der Waals surface area contributed by atoms with E-state index in [1.54, 1.807) is 13.0 Å². The highest BCUT2D eigenvalue weighted by Crippen LogP contribution is 2.18. The van der Waals surface area contributed by atoms with E-state index < -0.39 is 0 Å². The van der Waals surface area contributed by atoms with E-state index in [0.717, 1.165) is 32.0 Å². The molecule has 14 heavy (non-hydrogen) atoms. The first kappa shape index (κ1) is 9.46. The van der Waals surface area contributed by atoms with E-state index in [2.05, 4.69) is 4.90 Å². The van der Waals surface area contributed by atoms with E-state index in [1.165, 1.54) is 0 Å². The molecule has 0 radical (unpaired) electrons. The molecule has 76 valence electrons. The van der Waals surface area contributed by atoms with E-state index in [0.29, 0.717) is 5.56 Å². The molecule has 0 aromatic heterocycles. The minimum atomic E-state index is -0.131. The zero-order valence-electron chi connectivity index (χ0n) is 8.29. The van der Waals surface area contributed by atoms with Crippen molar-refractivity contribution in [3.8, 4) is 0 Å². The van der Waals surface area contributed by atoms with Crippen LogP contribution in [0.25, 0.3) is 0 Å². The van der Waals surface area contributed by atoms with Gasteiger partial charge in [0.1, 0.15) is 5.82 Å². The van der Waals surface area contributed by atoms with Crippen molar-refractivity contribution < 1.29 is 9.13 Å². The fourth-order valence-corrected chi connectivity index (χ4v) is 1.60. The first-order valence-corrected chi connectivity index (χ1v) is 4.86. The van der Waals surface area contributed by atoms with Crippen LogP contribution in [0, 0.1) is 12.7 Å². The van der Waals surface area contributed by atoms with Crippen molar-refractivity contribution in [2.75, 3.05) is 31.2 Å². The van der Waals surface area contributed by atoms with Crippen molar-refractivity contribution in [1.82, 2.24) is 0 Å². The molecular formula is C11H14FNO. The molecule has 1 fully saturated rings. The molecule has 3 heteroatoms. The van der Waals surface area contributed by atoms with Crippen LogP contribution in [0.1, 0.15) is 5.56 Å². The first-order chi connectivity index (χ1) is 6.77. The van der Waals surface area contributed by atoms with E-state index in [4.69, 9.17) is 4.74 Å². The van der Waals surface area contributed by atoms with Crippen molar-refractivity contribution in [3.63, 3.8) is 0 Å². The number of rotatable bonds is 1. The number of halogens is 1. The molecule has 1 aliphatic rings. The Labute approximate surface area is 83.3 Å². The molecule has 0 spiro atoms. The molecule has 0 atom stereocenters. The molecule has 1 saturated heterocycles. The van der Waals surface area contributed by atoms with Gasteiger partial charge in [-0.1, -0.05) is 6.07 Å². The summed E-state index contributed by atoms with van der Waals surface area (Å²) < 4.78 is 18.5. The highest BCUT2D eigenvalue weighted by molar-refractivity contribution is 5.48. The van der Waals surface area contributed by atoms with Gasteiger partial charge in [0.25, 0.3) is 0 Å². The largest absolute Gasteiger partial charge is 0.378 e. The van der Waals surface area contributed by atoms with Gasteiger partial charge < -0.3 is 9.64 Å². The van der Waals surface area contributed by atoms with Gasteiger partial charge in [-0.05, 0) is 24.6 Å². The molecule has 0 saturated carbocycles. The molecule has 0 bridgehead atoms. The third-order valence-electron chi connectivity index (χ3n) is 2.53. The molecule has 1 aromatic carbocycles. The predicted molar refractivity (Wildman–Crippen MR) is 54.2 cm³/mol. The van der Waals surface area contributed by atoms with Crippen LogP contribution in [0.4, 0.5) is 10.1 Å². The van der Waals surface area contributed by atoms with Gasteiger partial charge in [0.2, 0.25) is 0 Å². The average Bonchev–Trinajstić information content (AvgIpc) is 2.23. The van der Waals surface area contributed by atoms with Gasteiger partial charge >= 0.3 is 0 Å². The van der Waals surface area contributed by atoms with Crippen molar-refractivity contribution in [2.45, 2.75) is 6.92 Å². The quantitative estimate of drug-likeness (QED) is 0.679. The van der Waals surface area contributed by atoms with E-state index in [-0.39, 0.29) is 5.82 Å². The molecule has 0 amide bonds. The number of anilines is 1. The average molecular weight is 195 g/mol. The number of benzene rings is 1. The number of hydrogen-bond acceptors (Lipinski definition) is 2. The molecule has 0 aliphatic carbocycles. The van der Waals surface area contributed by atoms with Crippen molar-refractivity contribution in [2.24, 2.45) is 0 Å². The minimum Gasteiger partial charge on any atom is -0.378 e. The summed E-state index contributed by atoms with van der Waals surface area (Å²) in [6.07, 6.45) is 0. The number of nitrogens with zero attached hydrogens (tertiary/aromatic N) is 1. The normalized spacial score (nSPS) is 17.1. The third-order valence-corrected chi connectivity index (χ3v) is 2.53. The second kappa shape index (κ2) is 3.96. The van der Waals surface area contributed by atoms with Gasteiger partial charge in [0.15, 0.2) is 0 Å². The Morgan fingerprint density at radius 2 is 2.00 bits per heavy atom. The van der Waals surface area contributed by atoms with Crippen LogP contribution in [0.2, 0.25) is 0 Å². The summed E-state index contributed by atoms with van der Waals surface area (Å²) in [4.78, 5) is 2.14. The minimum absolute atomic E-state index is 0.131. The Bertz CT molecular complexity index is 321. The zero-order valence-corrected chi connectivity index (χ0v) is 8.29. The standard InChI is InChI=1S/C11H14FNO/c1-9-2-3-10(8-11(9)12)13-4-6-14-7-5-13/h2-3,8H,4-7H2,1H3. The van der Waals surface area contributed by atoms with Gasteiger partial charge in [0.05, 0.1) is 13.2 Å². The van der Waals surface area contributed by atoms with E-state index >= 15 is 0 Å². The molecule has 1 aliphatic heterocycles. The SMILES string of the molecule is Cc1ccc(N2CCOCC2)cc1F. The summed E-state index contributed by atoms with van der Waals surface area (Å²) in [5, 5.41) is 0. The van der Waals surface area contributed by atoms with Crippen LogP contribution in [-0.2, 0) is 4.74 Å². The Balaban J connectivity index is 2.18. The second-order valence-corrected chi connectivity index (χ2v) is 3.53. The Hall–Kier alpha value is -1.09. The summed E-state index contributed by atoms with van der Waals surface area (Å²) in [7, 11) is 0. The summed E-state index contributed by atoms with van der Waals surface area (Å²) in [6, 6.07) is 5.38. The Morgan fingerprint density at radius 3 is 2.64 bits per heavy atom. The van der Waals surface area contributed by atoms with Crippen LogP contribution < -0.4 is 4.90 Å². The predicted octanol–water partition coefficient (Wildman–Crippen LogP) is 1.97. The molecule has 2 rings (SSSR count). The summed E-state index contributed by atoms with van der Waals surface area (Å²) in [5.74, 6) is -0.131. The van der Waals surface area contributed by atoms with E-state index in [9.17, 15) is 4.39 Å². The van der Waals surface area contributed by atoms with Gasteiger partial charge in [-0.15, -0.1) is 0 Å². The Morgan fingerprint density at radius 1 is 1.29 bits per heavy atom. The lowest BCUT2D eigenvalue weighted by Gasteiger charge is -2.28. The zero-order chi connectivity index (χ0) is 9.97. The fourth-order valence-electron chi connectivity index (χ4n) is 1.60. The summed E-state index contributed by atoms with van der Waals surface area (Å²) in [5.41, 5.74) is 1.65. The molecule has 1 aromatic rings. The monoisotopic (exact) mass is 195 g/mol. The van der Waals surface area contributed by atoms with Gasteiger partial charge in [0, 0.05) is 18.8 Å². The van der Waals surface area contributed by atoms with Crippen LogP contribution in [0.3, 0.4) is 0 Å². The lowest BCUT2D eigenvalue weighted by molar-refractivity contribution is 0.122. The first-order valence-electron chi connectivity index (χ1n) is 4.86. The fraction of sp³-hybridized carbons (Fsp3) is 0.455. The van der Waals surface area contributed by atoms with E-state index in [1.807, 2.05) is 12.1 Å². The number of aryl methyl sites for hydroxylation is 1. The third kappa shape index (κ3) is 1.87. The lowest BCUT2D eigenvalue weighted by atomic mass is 10.2. The summed E-state index contributed by atoms with van der Waals surface area (Å²) in [6.45, 7) is 4.94. The maximum absolute atomic E-state index is 13.3. The molecule has 0 unspecified atom stereocenters. The highest BCUT2D eigenvalue weighted by atomic mass is 19.1. The lowest BCUT2D eigenvalue weighted by Crippen LogP contribution is -2.36. The second-order valence-electron chi connectivity index (χ2n) is 3.53. The smallest absolute Gasteiger partial charge is 0.128 e. The number of ether oxygens (including phenoxy) is 1. The highest BCUT2D eigenvalue weighted by Gasteiger charge is 2.11.